The number of nitrogens with zero attached hydrogens (tertiary/aromatic N) is 1. The minimum Gasteiger partial charge on any atom is -0.469 e. The van der Waals surface area contributed by atoms with Crippen molar-refractivity contribution in [3.8, 4) is 0 Å². The quantitative estimate of drug-likeness (QED) is 0.811. The van der Waals surface area contributed by atoms with E-state index in [0.717, 1.165) is 18.8 Å². The van der Waals surface area contributed by atoms with E-state index < -0.39 is 0 Å². The molecule has 1 fully saturated rings. The molecule has 1 saturated heterocycles. The molecule has 0 aliphatic carbocycles. The average Bonchev–Trinajstić information content (AvgIpc) is 3.07. The third kappa shape index (κ3) is 2.51. The molecule has 2 heterocycles. The number of carbonyl (C=O) groups excluding carboxylic acids is 1. The second kappa shape index (κ2) is 5.43. The molecule has 1 aliphatic heterocycles. The maximum atomic E-state index is 12.7. The first-order valence-corrected chi connectivity index (χ1v) is 7.04. The van der Waals surface area contributed by atoms with Crippen LogP contribution in [0.15, 0.2) is 47.1 Å². The monoisotopic (exact) mass is 289 g/mol. The molecule has 0 spiro atoms. The van der Waals surface area contributed by atoms with Crippen LogP contribution in [0.2, 0.25) is 5.02 Å². The maximum absolute atomic E-state index is 12.7. The summed E-state index contributed by atoms with van der Waals surface area (Å²) in [5.41, 5.74) is 0.714. The first-order chi connectivity index (χ1) is 9.65. The number of likely N-dealkylation sites (N-methyl/N-ethyl adjacent to an activating group) is 1. The Kier molecular flexibility index (Phi) is 3.64. The van der Waals surface area contributed by atoms with Gasteiger partial charge in [-0.15, -0.1) is 0 Å². The molecule has 1 aromatic carbocycles. The number of likely N-dealkylation sites (tertiary alicyclic amines) is 1. The predicted octanol–water partition coefficient (Wildman–Crippen LogP) is 3.46. The van der Waals surface area contributed by atoms with Crippen LogP contribution in [0.1, 0.15) is 22.0 Å². The lowest BCUT2D eigenvalue weighted by atomic mass is 9.87. The van der Waals surface area contributed by atoms with Crippen molar-refractivity contribution >= 4 is 17.4 Å². The topological polar surface area (TPSA) is 33.5 Å². The summed E-state index contributed by atoms with van der Waals surface area (Å²) in [7, 11) is 2.03. The average molecular weight is 290 g/mol. The zero-order chi connectivity index (χ0) is 14.1. The van der Waals surface area contributed by atoms with E-state index in [0.29, 0.717) is 10.6 Å². The zero-order valence-corrected chi connectivity index (χ0v) is 12.0. The van der Waals surface area contributed by atoms with Gasteiger partial charge in [-0.2, -0.15) is 0 Å². The summed E-state index contributed by atoms with van der Waals surface area (Å²) in [6.45, 7) is 1.60. The molecule has 1 aliphatic rings. The van der Waals surface area contributed by atoms with E-state index in [2.05, 4.69) is 4.90 Å². The van der Waals surface area contributed by atoms with Crippen molar-refractivity contribution in [1.82, 2.24) is 4.90 Å². The van der Waals surface area contributed by atoms with Crippen molar-refractivity contribution in [3.05, 3.63) is 59.0 Å². The molecule has 2 aromatic rings. The number of rotatable bonds is 3. The summed E-state index contributed by atoms with van der Waals surface area (Å²) in [6, 6.07) is 10.9. The molecule has 104 valence electrons. The number of ketones is 1. The van der Waals surface area contributed by atoms with Gasteiger partial charge in [0.25, 0.3) is 0 Å². The van der Waals surface area contributed by atoms with E-state index in [9.17, 15) is 4.79 Å². The van der Waals surface area contributed by atoms with Gasteiger partial charge < -0.3 is 9.32 Å². The Bertz CT molecular complexity index is 591. The van der Waals surface area contributed by atoms with Gasteiger partial charge in [0.2, 0.25) is 0 Å². The van der Waals surface area contributed by atoms with Crippen molar-refractivity contribution in [2.75, 3.05) is 20.1 Å². The predicted molar refractivity (Wildman–Crippen MR) is 78.2 cm³/mol. The molecule has 3 nitrogen and oxygen atoms in total. The number of Topliss-reactive ketones (excluding diaryl/α,β-unsaturated/α-hetero) is 1. The Hall–Kier alpha value is -1.58. The van der Waals surface area contributed by atoms with E-state index in [1.807, 2.05) is 19.2 Å². The minimum absolute atomic E-state index is 0.0627. The van der Waals surface area contributed by atoms with Gasteiger partial charge in [-0.1, -0.05) is 11.6 Å². The maximum Gasteiger partial charge on any atom is 0.168 e. The largest absolute Gasteiger partial charge is 0.469 e. The number of hydrogen-bond donors (Lipinski definition) is 0. The summed E-state index contributed by atoms with van der Waals surface area (Å²) in [4.78, 5) is 14.9. The van der Waals surface area contributed by atoms with Crippen LogP contribution in [0.5, 0.6) is 0 Å². The molecular weight excluding hydrogens is 274 g/mol. The van der Waals surface area contributed by atoms with Gasteiger partial charge in [0.1, 0.15) is 5.76 Å². The van der Waals surface area contributed by atoms with Crippen LogP contribution in [-0.2, 0) is 0 Å². The second-order valence-corrected chi connectivity index (χ2v) is 5.76. The number of furan rings is 1. The molecule has 4 heteroatoms. The highest BCUT2D eigenvalue weighted by atomic mass is 35.5. The Labute approximate surface area is 123 Å². The summed E-state index contributed by atoms with van der Waals surface area (Å²) in [6.07, 6.45) is 1.66. The molecule has 3 rings (SSSR count). The van der Waals surface area contributed by atoms with Crippen molar-refractivity contribution in [2.45, 2.75) is 5.92 Å². The molecule has 0 amide bonds. The van der Waals surface area contributed by atoms with Crippen LogP contribution in [0.25, 0.3) is 0 Å². The van der Waals surface area contributed by atoms with E-state index in [-0.39, 0.29) is 17.6 Å². The lowest BCUT2D eigenvalue weighted by Gasteiger charge is -2.15. The van der Waals surface area contributed by atoms with Gasteiger partial charge in [0.15, 0.2) is 5.78 Å². The highest BCUT2D eigenvalue weighted by molar-refractivity contribution is 6.30. The van der Waals surface area contributed by atoms with Gasteiger partial charge in [0, 0.05) is 35.5 Å². The van der Waals surface area contributed by atoms with Gasteiger partial charge in [-0.3, -0.25) is 4.79 Å². The first-order valence-electron chi connectivity index (χ1n) is 6.67. The molecule has 2 unspecified atom stereocenters. The van der Waals surface area contributed by atoms with Crippen LogP contribution in [-0.4, -0.2) is 30.8 Å². The molecule has 1 aromatic heterocycles. The lowest BCUT2D eigenvalue weighted by Crippen LogP contribution is -2.22. The van der Waals surface area contributed by atoms with Crippen LogP contribution >= 0.6 is 11.6 Å². The molecule has 0 radical (unpaired) electrons. The number of benzene rings is 1. The fourth-order valence-electron chi connectivity index (χ4n) is 2.88. The number of carbonyl (C=O) groups is 1. The second-order valence-electron chi connectivity index (χ2n) is 5.32. The van der Waals surface area contributed by atoms with Gasteiger partial charge in [-0.25, -0.2) is 0 Å². The van der Waals surface area contributed by atoms with E-state index in [1.165, 1.54) is 0 Å². The third-order valence-corrected chi connectivity index (χ3v) is 4.13. The number of halogens is 1. The third-order valence-electron chi connectivity index (χ3n) is 3.88. The van der Waals surface area contributed by atoms with E-state index in [4.69, 9.17) is 16.0 Å². The molecule has 20 heavy (non-hydrogen) atoms. The Morgan fingerprint density at radius 2 is 2.00 bits per heavy atom. The van der Waals surface area contributed by atoms with Gasteiger partial charge in [-0.05, 0) is 43.4 Å². The van der Waals surface area contributed by atoms with Crippen LogP contribution in [0.3, 0.4) is 0 Å². The molecule has 2 atom stereocenters. The van der Waals surface area contributed by atoms with E-state index in [1.54, 1.807) is 30.5 Å². The van der Waals surface area contributed by atoms with Crippen LogP contribution in [0, 0.1) is 5.92 Å². The Morgan fingerprint density at radius 3 is 2.65 bits per heavy atom. The Balaban J connectivity index is 1.87. The molecule has 0 saturated carbocycles. The minimum atomic E-state index is -0.0627. The van der Waals surface area contributed by atoms with Gasteiger partial charge in [0.05, 0.1) is 6.26 Å². The molecule has 0 N–H and O–H groups in total. The smallest absolute Gasteiger partial charge is 0.168 e. The Morgan fingerprint density at radius 1 is 1.25 bits per heavy atom. The normalized spacial score (nSPS) is 23.1. The van der Waals surface area contributed by atoms with Crippen LogP contribution < -0.4 is 0 Å². The highest BCUT2D eigenvalue weighted by Crippen LogP contribution is 2.34. The standard InChI is InChI=1S/C16H16ClNO2/c1-18-9-13(15-3-2-8-20-15)14(10-18)16(19)11-4-6-12(17)7-5-11/h2-8,13-14H,9-10H2,1H3. The first kappa shape index (κ1) is 13.4. The molecular formula is C16H16ClNO2. The van der Waals surface area contributed by atoms with Crippen molar-refractivity contribution < 1.29 is 9.21 Å². The summed E-state index contributed by atoms with van der Waals surface area (Å²) >= 11 is 5.87. The van der Waals surface area contributed by atoms with Crippen molar-refractivity contribution in [3.63, 3.8) is 0 Å². The lowest BCUT2D eigenvalue weighted by molar-refractivity contribution is 0.0911. The summed E-state index contributed by atoms with van der Waals surface area (Å²) in [5, 5.41) is 0.646. The number of hydrogen-bond acceptors (Lipinski definition) is 3. The zero-order valence-electron chi connectivity index (χ0n) is 11.3. The molecule has 0 bridgehead atoms. The SMILES string of the molecule is CN1CC(C(=O)c2ccc(Cl)cc2)C(c2ccco2)C1. The van der Waals surface area contributed by atoms with Crippen LogP contribution in [0.4, 0.5) is 0 Å². The highest BCUT2D eigenvalue weighted by Gasteiger charge is 2.38. The van der Waals surface area contributed by atoms with Gasteiger partial charge >= 0.3 is 0 Å². The fourth-order valence-corrected chi connectivity index (χ4v) is 3.01. The van der Waals surface area contributed by atoms with Crippen molar-refractivity contribution in [2.24, 2.45) is 5.92 Å². The van der Waals surface area contributed by atoms with Crippen molar-refractivity contribution in [1.29, 1.82) is 0 Å². The fraction of sp³-hybridized carbons (Fsp3) is 0.312. The van der Waals surface area contributed by atoms with E-state index >= 15 is 0 Å². The summed E-state index contributed by atoms with van der Waals surface area (Å²) in [5.74, 6) is 1.11. The summed E-state index contributed by atoms with van der Waals surface area (Å²) < 4.78 is 5.50.